The van der Waals surface area contributed by atoms with Crippen molar-refractivity contribution in [1.82, 2.24) is 4.98 Å². The molecule has 0 fully saturated rings. The number of rotatable bonds is 3. The van der Waals surface area contributed by atoms with Crippen molar-refractivity contribution in [3.8, 4) is 0 Å². The molecule has 1 aromatic rings. The third-order valence-electron chi connectivity index (χ3n) is 2.22. The molecule has 0 aliphatic heterocycles. The van der Waals surface area contributed by atoms with E-state index in [1.165, 1.54) is 6.07 Å². The van der Waals surface area contributed by atoms with Gasteiger partial charge in [0.15, 0.2) is 0 Å². The van der Waals surface area contributed by atoms with Gasteiger partial charge in [-0.2, -0.15) is 13.2 Å². The standard InChI is InChI=1S/C13H17F3N2O2/c1-8(11(19)20-12(2,3)4)18-10-6-5-9(7-17-10)13(14,15)16/h5-8H,1-4H3,(H,17,18). The van der Waals surface area contributed by atoms with Crippen molar-refractivity contribution in [2.45, 2.75) is 45.5 Å². The van der Waals surface area contributed by atoms with E-state index in [0.29, 0.717) is 6.20 Å². The first-order chi connectivity index (χ1) is 8.99. The zero-order chi connectivity index (χ0) is 15.6. The Bertz CT molecular complexity index is 464. The molecule has 1 heterocycles. The molecule has 1 atom stereocenters. The number of esters is 1. The summed E-state index contributed by atoms with van der Waals surface area (Å²) in [6, 6.07) is 1.36. The number of nitrogens with zero attached hydrogens (tertiary/aromatic N) is 1. The summed E-state index contributed by atoms with van der Waals surface area (Å²) in [5.74, 6) is -0.324. The summed E-state index contributed by atoms with van der Waals surface area (Å²) in [6.07, 6.45) is -3.72. The average Bonchev–Trinajstić information content (AvgIpc) is 2.26. The molecule has 1 unspecified atom stereocenters. The molecule has 0 aliphatic carbocycles. The van der Waals surface area contributed by atoms with Crippen molar-refractivity contribution in [3.63, 3.8) is 0 Å². The van der Waals surface area contributed by atoms with Crippen LogP contribution in [0.4, 0.5) is 19.0 Å². The van der Waals surface area contributed by atoms with Gasteiger partial charge in [0, 0.05) is 6.20 Å². The number of ether oxygens (including phenoxy) is 1. The van der Waals surface area contributed by atoms with Crippen molar-refractivity contribution < 1.29 is 22.7 Å². The van der Waals surface area contributed by atoms with Crippen molar-refractivity contribution in [2.75, 3.05) is 5.32 Å². The lowest BCUT2D eigenvalue weighted by atomic mass is 10.2. The average molecular weight is 290 g/mol. The molecule has 0 aliphatic rings. The van der Waals surface area contributed by atoms with E-state index in [9.17, 15) is 18.0 Å². The number of alkyl halides is 3. The predicted octanol–water partition coefficient (Wildman–Crippen LogP) is 3.24. The molecule has 0 spiro atoms. The minimum atomic E-state index is -4.43. The van der Waals surface area contributed by atoms with Crippen LogP contribution in [0.1, 0.15) is 33.3 Å². The number of pyridine rings is 1. The van der Waals surface area contributed by atoms with Crippen molar-refractivity contribution in [3.05, 3.63) is 23.9 Å². The maximum atomic E-state index is 12.4. The maximum Gasteiger partial charge on any atom is 0.417 e. The summed E-state index contributed by atoms with van der Waals surface area (Å²) in [5.41, 5.74) is -1.46. The molecule has 0 amide bonds. The fraction of sp³-hybridized carbons (Fsp3) is 0.538. The van der Waals surface area contributed by atoms with Crippen LogP contribution >= 0.6 is 0 Å². The van der Waals surface area contributed by atoms with Gasteiger partial charge in [0.1, 0.15) is 17.5 Å². The topological polar surface area (TPSA) is 51.2 Å². The molecule has 1 rings (SSSR count). The zero-order valence-corrected chi connectivity index (χ0v) is 11.7. The highest BCUT2D eigenvalue weighted by Gasteiger charge is 2.30. The normalized spacial score (nSPS) is 13.8. The van der Waals surface area contributed by atoms with Crippen LogP contribution in [0.25, 0.3) is 0 Å². The molecule has 112 valence electrons. The molecular weight excluding hydrogens is 273 g/mol. The number of nitrogens with one attached hydrogen (secondary N) is 1. The van der Waals surface area contributed by atoms with Gasteiger partial charge in [-0.15, -0.1) is 0 Å². The molecule has 0 radical (unpaired) electrons. The van der Waals surface area contributed by atoms with E-state index in [1.54, 1.807) is 27.7 Å². The van der Waals surface area contributed by atoms with Crippen LogP contribution in [0.5, 0.6) is 0 Å². The van der Waals surface area contributed by atoms with Crippen LogP contribution in [0.15, 0.2) is 18.3 Å². The summed E-state index contributed by atoms with van der Waals surface area (Å²) in [7, 11) is 0. The minimum absolute atomic E-state index is 0.177. The number of carbonyl (C=O) groups is 1. The molecule has 0 aromatic carbocycles. The Hall–Kier alpha value is -1.79. The van der Waals surface area contributed by atoms with Crippen molar-refractivity contribution in [2.24, 2.45) is 0 Å². The summed E-state index contributed by atoms with van der Waals surface area (Å²) in [6.45, 7) is 6.74. The summed E-state index contributed by atoms with van der Waals surface area (Å²) in [5, 5.41) is 2.69. The second kappa shape index (κ2) is 5.68. The lowest BCUT2D eigenvalue weighted by Gasteiger charge is -2.23. The van der Waals surface area contributed by atoms with Gasteiger partial charge in [0.05, 0.1) is 5.56 Å². The lowest BCUT2D eigenvalue weighted by Crippen LogP contribution is -2.34. The first kappa shape index (κ1) is 16.3. The number of carbonyl (C=O) groups excluding carboxylic acids is 1. The van der Waals surface area contributed by atoms with Gasteiger partial charge in [-0.3, -0.25) is 0 Å². The zero-order valence-electron chi connectivity index (χ0n) is 11.7. The summed E-state index contributed by atoms with van der Waals surface area (Å²) in [4.78, 5) is 15.3. The lowest BCUT2D eigenvalue weighted by molar-refractivity contribution is -0.155. The Balaban J connectivity index is 2.67. The van der Waals surface area contributed by atoms with Gasteiger partial charge in [0.2, 0.25) is 0 Å². The monoisotopic (exact) mass is 290 g/mol. The number of aromatic nitrogens is 1. The number of halogens is 3. The molecule has 0 saturated heterocycles. The van der Waals surface area contributed by atoms with Gasteiger partial charge in [-0.05, 0) is 39.8 Å². The Morgan fingerprint density at radius 1 is 1.30 bits per heavy atom. The number of hydrogen-bond acceptors (Lipinski definition) is 4. The molecule has 0 saturated carbocycles. The second-order valence-electron chi connectivity index (χ2n) is 5.33. The van der Waals surface area contributed by atoms with E-state index in [-0.39, 0.29) is 5.82 Å². The van der Waals surface area contributed by atoms with Crippen molar-refractivity contribution in [1.29, 1.82) is 0 Å². The third-order valence-corrected chi connectivity index (χ3v) is 2.22. The highest BCUT2D eigenvalue weighted by molar-refractivity contribution is 5.78. The molecule has 4 nitrogen and oxygen atoms in total. The summed E-state index contributed by atoms with van der Waals surface area (Å²) >= 11 is 0. The first-order valence-corrected chi connectivity index (χ1v) is 6.02. The number of hydrogen-bond donors (Lipinski definition) is 1. The molecule has 0 bridgehead atoms. The van der Waals surface area contributed by atoms with Gasteiger partial charge in [0.25, 0.3) is 0 Å². The SMILES string of the molecule is CC(Nc1ccc(C(F)(F)F)cn1)C(=O)OC(C)(C)C. The Labute approximate surface area is 115 Å². The van der Waals surface area contributed by atoms with Crippen LogP contribution in [-0.2, 0) is 15.7 Å². The highest BCUT2D eigenvalue weighted by atomic mass is 19.4. The fourth-order valence-electron chi connectivity index (χ4n) is 1.32. The molecule has 1 N–H and O–H groups in total. The molecule has 20 heavy (non-hydrogen) atoms. The van der Waals surface area contributed by atoms with Gasteiger partial charge in [-0.25, -0.2) is 9.78 Å². The summed E-state index contributed by atoms with van der Waals surface area (Å²) < 4.78 is 42.2. The third kappa shape index (κ3) is 5.07. The molecular formula is C13H17F3N2O2. The Morgan fingerprint density at radius 3 is 2.30 bits per heavy atom. The van der Waals surface area contributed by atoms with E-state index < -0.39 is 29.4 Å². The van der Waals surface area contributed by atoms with E-state index in [4.69, 9.17) is 4.74 Å². The van der Waals surface area contributed by atoms with Crippen LogP contribution in [0.3, 0.4) is 0 Å². The predicted molar refractivity (Wildman–Crippen MR) is 68.2 cm³/mol. The second-order valence-corrected chi connectivity index (χ2v) is 5.33. The highest BCUT2D eigenvalue weighted by Crippen LogP contribution is 2.28. The quantitative estimate of drug-likeness (QED) is 0.868. The van der Waals surface area contributed by atoms with Crippen LogP contribution in [0, 0.1) is 0 Å². The van der Waals surface area contributed by atoms with E-state index >= 15 is 0 Å². The van der Waals surface area contributed by atoms with E-state index in [0.717, 1.165) is 6.07 Å². The largest absolute Gasteiger partial charge is 0.458 e. The Kier molecular flexibility index (Phi) is 4.62. The molecule has 7 heteroatoms. The van der Waals surface area contributed by atoms with Gasteiger partial charge >= 0.3 is 12.1 Å². The van der Waals surface area contributed by atoms with Crippen molar-refractivity contribution >= 4 is 11.8 Å². The van der Waals surface area contributed by atoms with Gasteiger partial charge in [-0.1, -0.05) is 0 Å². The first-order valence-electron chi connectivity index (χ1n) is 6.02. The van der Waals surface area contributed by atoms with Crippen LogP contribution in [-0.4, -0.2) is 22.6 Å². The maximum absolute atomic E-state index is 12.4. The smallest absolute Gasteiger partial charge is 0.417 e. The van der Waals surface area contributed by atoms with Crippen LogP contribution < -0.4 is 5.32 Å². The fourth-order valence-corrected chi connectivity index (χ4v) is 1.32. The van der Waals surface area contributed by atoms with E-state index in [2.05, 4.69) is 10.3 Å². The Morgan fingerprint density at radius 2 is 1.90 bits per heavy atom. The van der Waals surface area contributed by atoms with E-state index in [1.807, 2.05) is 0 Å². The van der Waals surface area contributed by atoms with Gasteiger partial charge < -0.3 is 10.1 Å². The number of anilines is 1. The van der Waals surface area contributed by atoms with Crippen LogP contribution in [0.2, 0.25) is 0 Å². The molecule has 1 aromatic heterocycles. The minimum Gasteiger partial charge on any atom is -0.458 e.